The molecule has 8 nitrogen and oxygen atoms in total. The topological polar surface area (TPSA) is 115 Å². The monoisotopic (exact) mass is 501 g/mol. The van der Waals surface area contributed by atoms with Crippen molar-refractivity contribution in [1.29, 1.82) is 5.26 Å². The maximum absolute atomic E-state index is 14.3. The van der Waals surface area contributed by atoms with Crippen LogP contribution in [0.3, 0.4) is 0 Å². The molecule has 2 N–H and O–H groups in total. The number of benzene rings is 3. The molecule has 0 unspecified atom stereocenters. The zero-order valence-electron chi connectivity index (χ0n) is 19.6. The molecular weight excluding hydrogens is 478 g/mol. The van der Waals surface area contributed by atoms with Gasteiger partial charge in [-0.1, -0.05) is 48.5 Å². The Bertz CT molecular complexity index is 1560. The van der Waals surface area contributed by atoms with Gasteiger partial charge in [0.1, 0.15) is 28.0 Å². The van der Waals surface area contributed by atoms with E-state index < -0.39 is 15.9 Å². The molecule has 3 aromatic carbocycles. The van der Waals surface area contributed by atoms with Gasteiger partial charge in [0.05, 0.1) is 32.4 Å². The second kappa shape index (κ2) is 8.98. The number of anilines is 1. The van der Waals surface area contributed by atoms with Crippen LogP contribution in [0, 0.1) is 11.3 Å². The molecule has 2 heterocycles. The average molecular weight is 502 g/mol. The highest BCUT2D eigenvalue weighted by Gasteiger charge is 2.48. The third kappa shape index (κ3) is 3.63. The smallest absolute Gasteiger partial charge is 0.265 e. The second-order valence-corrected chi connectivity index (χ2v) is 10.1. The van der Waals surface area contributed by atoms with Crippen LogP contribution < -0.4 is 19.5 Å². The Morgan fingerprint density at radius 1 is 1.03 bits per heavy atom. The maximum atomic E-state index is 14.3. The van der Waals surface area contributed by atoms with E-state index in [1.807, 2.05) is 30.3 Å². The minimum Gasteiger partial charge on any atom is -0.497 e. The lowest BCUT2D eigenvalue weighted by Gasteiger charge is -2.38. The van der Waals surface area contributed by atoms with E-state index in [-0.39, 0.29) is 28.7 Å². The molecule has 1 atom stereocenters. The Morgan fingerprint density at radius 2 is 1.75 bits per heavy atom. The van der Waals surface area contributed by atoms with Gasteiger partial charge in [-0.3, -0.25) is 4.31 Å². The zero-order chi connectivity index (χ0) is 25.4. The Kier molecular flexibility index (Phi) is 5.82. The van der Waals surface area contributed by atoms with E-state index >= 15 is 0 Å². The van der Waals surface area contributed by atoms with Crippen molar-refractivity contribution in [3.63, 3.8) is 0 Å². The number of nitriles is 1. The highest BCUT2D eigenvalue weighted by Crippen LogP contribution is 2.52. The van der Waals surface area contributed by atoms with Gasteiger partial charge in [-0.05, 0) is 23.8 Å². The van der Waals surface area contributed by atoms with Crippen LogP contribution in [0.2, 0.25) is 0 Å². The predicted molar refractivity (Wildman–Crippen MR) is 135 cm³/mol. The molecule has 0 spiro atoms. The van der Waals surface area contributed by atoms with Crippen molar-refractivity contribution in [3.8, 4) is 17.6 Å². The number of methoxy groups -OCH3 is 2. The van der Waals surface area contributed by atoms with E-state index in [2.05, 4.69) is 6.07 Å². The van der Waals surface area contributed by atoms with Crippen LogP contribution >= 0.6 is 0 Å². The molecule has 9 heteroatoms. The Labute approximate surface area is 209 Å². The lowest BCUT2D eigenvalue weighted by molar-refractivity contribution is 0.355. The molecule has 0 fully saturated rings. The molecule has 0 saturated heterocycles. The number of hydrogen-bond donors (Lipinski definition) is 1. The molecule has 0 aliphatic carbocycles. The Hall–Kier alpha value is -4.42. The van der Waals surface area contributed by atoms with Gasteiger partial charge in [-0.2, -0.15) is 5.26 Å². The molecule has 36 heavy (non-hydrogen) atoms. The summed E-state index contributed by atoms with van der Waals surface area (Å²) < 4.78 is 46.8. The molecule has 0 amide bonds. The van der Waals surface area contributed by atoms with Gasteiger partial charge in [0.15, 0.2) is 5.76 Å². The van der Waals surface area contributed by atoms with Gasteiger partial charge >= 0.3 is 0 Å². The second-order valence-electron chi connectivity index (χ2n) is 8.24. The summed E-state index contributed by atoms with van der Waals surface area (Å²) in [6, 6.07) is 23.5. The van der Waals surface area contributed by atoms with Crippen molar-refractivity contribution < 1.29 is 22.6 Å². The van der Waals surface area contributed by atoms with E-state index in [1.165, 1.54) is 18.5 Å². The van der Waals surface area contributed by atoms with E-state index in [4.69, 9.17) is 19.9 Å². The first kappa shape index (κ1) is 23.3. The summed E-state index contributed by atoms with van der Waals surface area (Å²) in [7, 11) is -1.19. The normalized spacial score (nSPS) is 18.0. The molecule has 0 saturated carbocycles. The number of para-hydroxylation sites is 1. The fraction of sp³-hybridized carbons (Fsp3) is 0.148. The molecule has 2 aliphatic rings. The van der Waals surface area contributed by atoms with Crippen molar-refractivity contribution in [2.75, 3.05) is 18.5 Å². The number of fused-ring (bicyclic) bond motifs is 2. The van der Waals surface area contributed by atoms with Crippen LogP contribution in [-0.4, -0.2) is 22.6 Å². The number of ether oxygens (including phenoxy) is 3. The first-order chi connectivity index (χ1) is 17.4. The number of sulfonamides is 1. The average Bonchev–Trinajstić information content (AvgIpc) is 2.90. The third-order valence-corrected chi connectivity index (χ3v) is 8.16. The highest BCUT2D eigenvalue weighted by atomic mass is 32.2. The third-order valence-electron chi connectivity index (χ3n) is 6.28. The largest absolute Gasteiger partial charge is 0.497 e. The van der Waals surface area contributed by atoms with Crippen LogP contribution in [-0.2, 0) is 21.3 Å². The minimum atomic E-state index is -4.18. The molecule has 3 aromatic rings. The quantitative estimate of drug-likeness (QED) is 0.556. The van der Waals surface area contributed by atoms with E-state index in [9.17, 15) is 13.7 Å². The van der Waals surface area contributed by atoms with Crippen molar-refractivity contribution >= 4 is 21.5 Å². The number of allylic oxidation sites excluding steroid dienone is 2. The van der Waals surface area contributed by atoms with Crippen LogP contribution in [0.4, 0.5) is 5.69 Å². The van der Waals surface area contributed by atoms with Crippen molar-refractivity contribution in [2.45, 2.75) is 12.5 Å². The fourth-order valence-electron chi connectivity index (χ4n) is 4.60. The van der Waals surface area contributed by atoms with Gasteiger partial charge < -0.3 is 19.9 Å². The van der Waals surface area contributed by atoms with Crippen LogP contribution in [0.1, 0.15) is 22.6 Å². The SMILES string of the molecule is COc1ccc([C@H]2C(C#N)=C(N)OC3=C2S(=O)(=O)N(Cc2ccccc2)c2ccccc23)c(OC)c1. The Balaban J connectivity index is 1.79. The van der Waals surface area contributed by atoms with Crippen LogP contribution in [0.25, 0.3) is 5.76 Å². The summed E-state index contributed by atoms with van der Waals surface area (Å²) in [4.78, 5) is -0.0636. The van der Waals surface area contributed by atoms with Gasteiger partial charge in [0.25, 0.3) is 10.0 Å². The number of nitrogens with zero attached hydrogens (tertiary/aromatic N) is 2. The molecule has 5 rings (SSSR count). The van der Waals surface area contributed by atoms with Crippen molar-refractivity contribution in [1.82, 2.24) is 0 Å². The predicted octanol–water partition coefficient (Wildman–Crippen LogP) is 4.23. The lowest BCUT2D eigenvalue weighted by atomic mass is 9.87. The number of rotatable bonds is 5. The first-order valence-corrected chi connectivity index (χ1v) is 12.5. The molecule has 0 radical (unpaired) electrons. The summed E-state index contributed by atoms with van der Waals surface area (Å²) in [5.41, 5.74) is 8.49. The van der Waals surface area contributed by atoms with Gasteiger partial charge in [-0.15, -0.1) is 0 Å². The van der Waals surface area contributed by atoms with E-state index in [0.29, 0.717) is 28.3 Å². The molecule has 2 aliphatic heterocycles. The standard InChI is InChI=1S/C27H23N3O5S/c1-33-18-12-13-20(23(14-18)34-2)24-21(15-28)27(29)35-25-19-10-6-7-11-22(19)30(36(31,32)26(24)25)16-17-8-4-3-5-9-17/h3-14,24H,16,29H2,1-2H3/t24-/m0/s1. The molecule has 0 bridgehead atoms. The molecule has 182 valence electrons. The van der Waals surface area contributed by atoms with E-state index in [1.54, 1.807) is 42.5 Å². The Morgan fingerprint density at radius 3 is 2.44 bits per heavy atom. The van der Waals surface area contributed by atoms with Crippen LogP contribution in [0.5, 0.6) is 11.5 Å². The maximum Gasteiger partial charge on any atom is 0.265 e. The summed E-state index contributed by atoms with van der Waals surface area (Å²) >= 11 is 0. The first-order valence-electron chi connectivity index (χ1n) is 11.1. The van der Waals surface area contributed by atoms with E-state index in [0.717, 1.165) is 5.56 Å². The summed E-state index contributed by atoms with van der Waals surface area (Å²) in [5, 5.41) is 10.0. The summed E-state index contributed by atoms with van der Waals surface area (Å²) in [5.74, 6) is -0.210. The number of hydrogen-bond acceptors (Lipinski definition) is 7. The summed E-state index contributed by atoms with van der Waals surface area (Å²) in [6.45, 7) is 0.102. The fourth-order valence-corrected chi connectivity index (χ4v) is 6.50. The lowest BCUT2D eigenvalue weighted by Crippen LogP contribution is -2.39. The minimum absolute atomic E-state index is 0.0140. The molecule has 0 aromatic heterocycles. The number of nitrogens with two attached hydrogens (primary N) is 1. The van der Waals surface area contributed by atoms with Gasteiger partial charge in [-0.25, -0.2) is 8.42 Å². The van der Waals surface area contributed by atoms with Gasteiger partial charge in [0, 0.05) is 17.2 Å². The van der Waals surface area contributed by atoms with Crippen molar-refractivity contribution in [2.24, 2.45) is 5.73 Å². The summed E-state index contributed by atoms with van der Waals surface area (Å²) in [6.07, 6.45) is 0. The van der Waals surface area contributed by atoms with Crippen LogP contribution in [0.15, 0.2) is 89.2 Å². The van der Waals surface area contributed by atoms with Gasteiger partial charge in [0.2, 0.25) is 5.88 Å². The highest BCUT2D eigenvalue weighted by molar-refractivity contribution is 7.96. The van der Waals surface area contributed by atoms with Crippen molar-refractivity contribution in [3.05, 3.63) is 106 Å². The zero-order valence-corrected chi connectivity index (χ0v) is 20.5. The molecular formula is C27H23N3O5S.